The second kappa shape index (κ2) is 10.8. The summed E-state index contributed by atoms with van der Waals surface area (Å²) >= 11 is 5.99. The van der Waals surface area contributed by atoms with Crippen LogP contribution in [0.4, 0.5) is 0 Å². The van der Waals surface area contributed by atoms with E-state index in [0.717, 1.165) is 25.1 Å². The third-order valence-corrected chi connectivity index (χ3v) is 13.9. The van der Waals surface area contributed by atoms with Gasteiger partial charge >= 0.3 is 0 Å². The molecule has 2 aromatic carbocycles. The molecule has 3 rings (SSSR count). The number of nitrogens with zero attached hydrogens (tertiary/aromatic N) is 1. The van der Waals surface area contributed by atoms with Crippen molar-refractivity contribution >= 4 is 29.9 Å². The Morgan fingerprint density at radius 3 is 2.29 bits per heavy atom. The average molecular weight is 523 g/mol. The summed E-state index contributed by atoms with van der Waals surface area (Å²) < 4.78 is 36.3. The van der Waals surface area contributed by atoms with Crippen LogP contribution in [0, 0.1) is 0 Å². The molecule has 1 fully saturated rings. The maximum Gasteiger partial charge on any atom is 0.218 e. The fourth-order valence-corrected chi connectivity index (χ4v) is 6.85. The first-order valence-electron chi connectivity index (χ1n) is 12.0. The van der Waals surface area contributed by atoms with Crippen LogP contribution in [0.2, 0.25) is 23.2 Å². The molecule has 0 radical (unpaired) electrons. The highest BCUT2D eigenvalue weighted by Gasteiger charge is 2.41. The van der Waals surface area contributed by atoms with Crippen LogP contribution < -0.4 is 4.72 Å². The third-order valence-electron chi connectivity index (χ3n) is 7.25. The summed E-state index contributed by atoms with van der Waals surface area (Å²) in [5.41, 5.74) is 1.68. The minimum Gasteiger partial charge on any atom is -0.413 e. The van der Waals surface area contributed by atoms with E-state index in [1.165, 1.54) is 0 Å². The van der Waals surface area contributed by atoms with E-state index in [-0.39, 0.29) is 17.2 Å². The van der Waals surface area contributed by atoms with Crippen LogP contribution in [0.15, 0.2) is 54.6 Å². The number of rotatable bonds is 9. The molecule has 8 heteroatoms. The number of sulfonamides is 1. The SMILES string of the molecule is CC(c1ccc(Cl)cc1)S(=O)(=O)NC(CN1CCC(O[Si](C)(C)C(C)(C)C)C1)c1ccccc1. The molecular formula is C26H39ClN2O3SSi. The highest BCUT2D eigenvalue weighted by Crippen LogP contribution is 2.38. The van der Waals surface area contributed by atoms with Crippen LogP contribution in [-0.4, -0.2) is 47.4 Å². The molecule has 0 aliphatic carbocycles. The Morgan fingerprint density at radius 1 is 1.09 bits per heavy atom. The Morgan fingerprint density at radius 2 is 1.71 bits per heavy atom. The van der Waals surface area contributed by atoms with Crippen LogP contribution >= 0.6 is 11.6 Å². The van der Waals surface area contributed by atoms with E-state index in [4.69, 9.17) is 16.0 Å². The van der Waals surface area contributed by atoms with Crippen LogP contribution in [0.25, 0.3) is 0 Å². The Bertz CT molecular complexity index is 1040. The number of hydrogen-bond donors (Lipinski definition) is 1. The lowest BCUT2D eigenvalue weighted by molar-refractivity contribution is 0.178. The molecule has 3 atom stereocenters. The summed E-state index contributed by atoms with van der Waals surface area (Å²) in [7, 11) is -5.47. The number of likely N-dealkylation sites (tertiary alicyclic amines) is 1. The number of benzene rings is 2. The van der Waals surface area contributed by atoms with E-state index in [0.29, 0.717) is 17.1 Å². The van der Waals surface area contributed by atoms with Crippen molar-refractivity contribution in [1.29, 1.82) is 0 Å². The number of nitrogens with one attached hydrogen (secondary N) is 1. The second-order valence-electron chi connectivity index (χ2n) is 10.9. The van der Waals surface area contributed by atoms with Crippen molar-refractivity contribution in [1.82, 2.24) is 9.62 Å². The Balaban J connectivity index is 1.73. The molecule has 3 unspecified atom stereocenters. The maximum absolute atomic E-state index is 13.4. The Hall–Kier alpha value is -1.22. The lowest BCUT2D eigenvalue weighted by Crippen LogP contribution is -2.45. The van der Waals surface area contributed by atoms with Gasteiger partial charge in [-0.3, -0.25) is 4.90 Å². The molecule has 188 valence electrons. The first kappa shape index (κ1) is 27.4. The molecule has 1 aliphatic rings. The zero-order valence-corrected chi connectivity index (χ0v) is 23.8. The van der Waals surface area contributed by atoms with Gasteiger partial charge in [0.15, 0.2) is 8.32 Å². The molecule has 1 saturated heterocycles. The van der Waals surface area contributed by atoms with Gasteiger partial charge in [-0.15, -0.1) is 0 Å². The number of halogens is 1. The van der Waals surface area contributed by atoms with E-state index < -0.39 is 23.6 Å². The molecule has 0 spiro atoms. The molecule has 1 N–H and O–H groups in total. The molecule has 0 saturated carbocycles. The van der Waals surface area contributed by atoms with Gasteiger partial charge < -0.3 is 4.43 Å². The minimum atomic E-state index is -3.62. The average Bonchev–Trinajstić information content (AvgIpc) is 3.19. The standard InChI is InChI=1S/C26H39ClN2O3SSi/c1-20(21-12-14-23(27)15-13-21)33(30,31)28-25(22-10-8-7-9-11-22)19-29-17-16-24(18-29)32-34(5,6)26(2,3)4/h7-15,20,24-25,28H,16-19H2,1-6H3. The van der Waals surface area contributed by atoms with Crippen molar-refractivity contribution in [3.8, 4) is 0 Å². The van der Waals surface area contributed by atoms with Crippen molar-refractivity contribution < 1.29 is 12.8 Å². The second-order valence-corrected chi connectivity index (χ2v) is 18.1. The molecule has 2 aromatic rings. The molecule has 1 aliphatic heterocycles. The maximum atomic E-state index is 13.4. The summed E-state index contributed by atoms with van der Waals surface area (Å²) in [6.45, 7) is 15.4. The normalized spacial score (nSPS) is 19.8. The van der Waals surface area contributed by atoms with Crippen LogP contribution in [0.1, 0.15) is 56.5 Å². The zero-order valence-electron chi connectivity index (χ0n) is 21.2. The molecule has 1 heterocycles. The predicted molar refractivity (Wildman–Crippen MR) is 144 cm³/mol. The Kier molecular flexibility index (Phi) is 8.70. The highest BCUT2D eigenvalue weighted by atomic mass is 35.5. The molecule has 0 amide bonds. The van der Waals surface area contributed by atoms with Gasteiger partial charge in [0.25, 0.3) is 0 Å². The Labute approximate surface area is 212 Å². The largest absolute Gasteiger partial charge is 0.413 e. The van der Waals surface area contributed by atoms with Gasteiger partial charge in [0, 0.05) is 24.7 Å². The van der Waals surface area contributed by atoms with Crippen molar-refractivity contribution in [2.24, 2.45) is 0 Å². The fraction of sp³-hybridized carbons (Fsp3) is 0.538. The van der Waals surface area contributed by atoms with Crippen molar-refractivity contribution in [3.05, 3.63) is 70.7 Å². The van der Waals surface area contributed by atoms with Gasteiger partial charge in [-0.25, -0.2) is 13.1 Å². The van der Waals surface area contributed by atoms with Crippen LogP contribution in [0.5, 0.6) is 0 Å². The summed E-state index contributed by atoms with van der Waals surface area (Å²) in [6.07, 6.45) is 1.17. The van der Waals surface area contributed by atoms with Gasteiger partial charge in [0.2, 0.25) is 10.0 Å². The quantitative estimate of drug-likeness (QED) is 0.401. The monoisotopic (exact) mass is 522 g/mol. The molecule has 34 heavy (non-hydrogen) atoms. The molecular weight excluding hydrogens is 484 g/mol. The fourth-order valence-electron chi connectivity index (χ4n) is 4.02. The van der Waals surface area contributed by atoms with Crippen molar-refractivity contribution in [3.63, 3.8) is 0 Å². The van der Waals surface area contributed by atoms with E-state index >= 15 is 0 Å². The van der Waals surface area contributed by atoms with Crippen LogP contribution in [0.3, 0.4) is 0 Å². The van der Waals surface area contributed by atoms with E-state index in [1.807, 2.05) is 30.3 Å². The van der Waals surface area contributed by atoms with E-state index in [2.05, 4.69) is 43.5 Å². The van der Waals surface area contributed by atoms with Gasteiger partial charge in [-0.1, -0.05) is 74.8 Å². The van der Waals surface area contributed by atoms with Gasteiger partial charge in [-0.05, 0) is 54.7 Å². The van der Waals surface area contributed by atoms with Gasteiger partial charge in [0.1, 0.15) is 0 Å². The third kappa shape index (κ3) is 6.92. The van der Waals surface area contributed by atoms with Crippen molar-refractivity contribution in [2.45, 2.75) is 69.6 Å². The summed E-state index contributed by atoms with van der Waals surface area (Å²) in [5.74, 6) is 0. The van der Waals surface area contributed by atoms with E-state index in [9.17, 15) is 8.42 Å². The summed E-state index contributed by atoms with van der Waals surface area (Å²) in [4.78, 5) is 2.32. The summed E-state index contributed by atoms with van der Waals surface area (Å²) in [6, 6.07) is 16.5. The smallest absolute Gasteiger partial charge is 0.218 e. The zero-order chi connectivity index (χ0) is 25.1. The molecule has 0 bridgehead atoms. The first-order chi connectivity index (χ1) is 15.8. The molecule has 0 aromatic heterocycles. The van der Waals surface area contributed by atoms with Crippen LogP contribution in [-0.2, 0) is 14.4 Å². The topological polar surface area (TPSA) is 58.6 Å². The lowest BCUT2D eigenvalue weighted by Gasteiger charge is -2.38. The van der Waals surface area contributed by atoms with Gasteiger partial charge in [0.05, 0.1) is 17.4 Å². The lowest BCUT2D eigenvalue weighted by atomic mass is 10.1. The predicted octanol–water partition coefficient (Wildman–Crippen LogP) is 6.16. The van der Waals surface area contributed by atoms with Crippen molar-refractivity contribution in [2.75, 3.05) is 19.6 Å². The minimum absolute atomic E-state index is 0.167. The molecule has 5 nitrogen and oxygen atoms in total. The first-order valence-corrected chi connectivity index (χ1v) is 16.8. The highest BCUT2D eigenvalue weighted by molar-refractivity contribution is 7.89. The van der Waals surface area contributed by atoms with E-state index in [1.54, 1.807) is 31.2 Å². The summed E-state index contributed by atoms with van der Waals surface area (Å²) in [5, 5.41) is 0.0664. The number of hydrogen-bond acceptors (Lipinski definition) is 4. The van der Waals surface area contributed by atoms with Gasteiger partial charge in [-0.2, -0.15) is 0 Å².